The minimum Gasteiger partial charge on any atom is -0.319 e. The average Bonchev–Trinajstić information content (AvgIpc) is 2.53. The number of nitrogens with one attached hydrogen (secondary N) is 1. The molecule has 1 unspecified atom stereocenters. The largest absolute Gasteiger partial charge is 0.319 e. The maximum absolute atomic E-state index is 3.37. The number of rotatable bonds is 11. The van der Waals surface area contributed by atoms with Gasteiger partial charge < -0.3 is 10.2 Å². The van der Waals surface area contributed by atoms with Crippen LogP contribution in [0.4, 0.5) is 0 Å². The lowest BCUT2D eigenvalue weighted by Gasteiger charge is -2.54. The maximum Gasteiger partial charge on any atom is 0.00506 e. The fourth-order valence-corrected chi connectivity index (χ4v) is 5.00. The minimum atomic E-state index is 0.725. The molecule has 1 atom stereocenters. The third kappa shape index (κ3) is 6.05. The van der Waals surface area contributed by atoms with Gasteiger partial charge in [0.05, 0.1) is 0 Å². The Bertz CT molecular complexity index is 299. The molecule has 2 nitrogen and oxygen atoms in total. The monoisotopic (exact) mass is 322 g/mol. The normalized spacial score (nSPS) is 23.1. The van der Waals surface area contributed by atoms with E-state index in [1.165, 1.54) is 96.8 Å². The summed E-state index contributed by atoms with van der Waals surface area (Å²) < 4.78 is 0. The number of hydrogen-bond acceptors (Lipinski definition) is 2. The van der Waals surface area contributed by atoms with Gasteiger partial charge in [0.15, 0.2) is 0 Å². The first-order valence-corrected chi connectivity index (χ1v) is 10.6. The van der Waals surface area contributed by atoms with E-state index in [1.54, 1.807) is 0 Å². The van der Waals surface area contributed by atoms with Crippen molar-refractivity contribution in [3.63, 3.8) is 0 Å². The molecule has 1 heterocycles. The first kappa shape index (κ1) is 19.2. The lowest BCUT2D eigenvalue weighted by atomic mass is 9.65. The molecule has 2 fully saturated rings. The predicted molar refractivity (Wildman–Crippen MR) is 102 cm³/mol. The number of nitrogens with zero attached hydrogens (tertiary/aromatic N) is 1. The number of likely N-dealkylation sites (tertiary alicyclic amines) is 1. The molecule has 0 radical (unpaired) electrons. The Hall–Kier alpha value is -0.0800. The van der Waals surface area contributed by atoms with Gasteiger partial charge in [0.25, 0.3) is 0 Å². The van der Waals surface area contributed by atoms with E-state index < -0.39 is 0 Å². The van der Waals surface area contributed by atoms with Gasteiger partial charge in [-0.15, -0.1) is 0 Å². The van der Waals surface area contributed by atoms with Gasteiger partial charge in [-0.25, -0.2) is 0 Å². The van der Waals surface area contributed by atoms with Crippen LogP contribution < -0.4 is 5.32 Å². The third-order valence-corrected chi connectivity index (χ3v) is 6.47. The molecular weight excluding hydrogens is 280 g/mol. The molecule has 2 heteroatoms. The van der Waals surface area contributed by atoms with Crippen molar-refractivity contribution in [1.29, 1.82) is 0 Å². The highest BCUT2D eigenvalue weighted by atomic mass is 15.2. The second-order valence-electron chi connectivity index (χ2n) is 8.67. The van der Waals surface area contributed by atoms with E-state index in [-0.39, 0.29) is 0 Å². The lowest BCUT2D eigenvalue weighted by Crippen LogP contribution is -2.58. The molecule has 1 saturated carbocycles. The molecule has 0 aromatic rings. The Morgan fingerprint density at radius 1 is 1.00 bits per heavy atom. The number of unbranched alkanes of at least 4 members (excludes halogenated alkanes) is 3. The zero-order valence-corrected chi connectivity index (χ0v) is 16.2. The molecule has 1 spiro atoms. The van der Waals surface area contributed by atoms with Crippen molar-refractivity contribution < 1.29 is 0 Å². The van der Waals surface area contributed by atoms with E-state index in [2.05, 4.69) is 31.1 Å². The van der Waals surface area contributed by atoms with Crippen molar-refractivity contribution in [1.82, 2.24) is 10.2 Å². The summed E-state index contributed by atoms with van der Waals surface area (Å²) in [5, 5.41) is 3.37. The average molecular weight is 323 g/mol. The summed E-state index contributed by atoms with van der Waals surface area (Å²) in [5.41, 5.74) is 0.725. The summed E-state index contributed by atoms with van der Waals surface area (Å²) >= 11 is 0. The van der Waals surface area contributed by atoms with Crippen LogP contribution in [0.3, 0.4) is 0 Å². The SMILES string of the molecule is CCCCCC(CCCC)CN1CC2(CCC(CNC)CC2)C1. The highest BCUT2D eigenvalue weighted by molar-refractivity contribution is 4.98. The molecule has 1 aliphatic heterocycles. The van der Waals surface area contributed by atoms with Crippen LogP contribution in [0.15, 0.2) is 0 Å². The van der Waals surface area contributed by atoms with Crippen molar-refractivity contribution in [2.75, 3.05) is 33.2 Å². The van der Waals surface area contributed by atoms with Crippen molar-refractivity contribution >= 4 is 0 Å². The molecule has 23 heavy (non-hydrogen) atoms. The Morgan fingerprint density at radius 2 is 1.65 bits per heavy atom. The van der Waals surface area contributed by atoms with Crippen LogP contribution in [0.1, 0.15) is 84.5 Å². The summed E-state index contributed by atoms with van der Waals surface area (Å²) in [7, 11) is 2.10. The number of hydrogen-bond donors (Lipinski definition) is 1. The molecule has 0 bridgehead atoms. The second kappa shape index (κ2) is 10.0. The Kier molecular flexibility index (Phi) is 8.40. The first-order valence-electron chi connectivity index (χ1n) is 10.6. The fraction of sp³-hybridized carbons (Fsp3) is 1.00. The van der Waals surface area contributed by atoms with Crippen LogP contribution in [-0.2, 0) is 0 Å². The predicted octanol–water partition coefficient (Wildman–Crippen LogP) is 5.08. The van der Waals surface area contributed by atoms with Crippen molar-refractivity contribution in [3.05, 3.63) is 0 Å². The highest BCUT2D eigenvalue weighted by Crippen LogP contribution is 2.45. The van der Waals surface area contributed by atoms with Crippen molar-refractivity contribution in [2.24, 2.45) is 17.3 Å². The van der Waals surface area contributed by atoms with E-state index in [0.717, 1.165) is 17.3 Å². The molecular formula is C21H42N2. The van der Waals surface area contributed by atoms with Gasteiger partial charge in [-0.1, -0.05) is 46.0 Å². The zero-order valence-electron chi connectivity index (χ0n) is 16.2. The van der Waals surface area contributed by atoms with Gasteiger partial charge in [0.2, 0.25) is 0 Å². The van der Waals surface area contributed by atoms with Crippen LogP contribution in [0.5, 0.6) is 0 Å². The summed E-state index contributed by atoms with van der Waals surface area (Å²) in [6, 6.07) is 0. The van der Waals surface area contributed by atoms with Gasteiger partial charge in [-0.05, 0) is 69.4 Å². The molecule has 0 aromatic carbocycles. The van der Waals surface area contributed by atoms with Gasteiger partial charge in [-0.2, -0.15) is 0 Å². The van der Waals surface area contributed by atoms with Crippen molar-refractivity contribution in [2.45, 2.75) is 84.5 Å². The summed E-state index contributed by atoms with van der Waals surface area (Å²) in [4.78, 5) is 2.80. The van der Waals surface area contributed by atoms with Gasteiger partial charge in [-0.3, -0.25) is 0 Å². The molecule has 2 rings (SSSR count). The minimum absolute atomic E-state index is 0.725. The summed E-state index contributed by atoms with van der Waals surface area (Å²) in [5.74, 6) is 1.92. The molecule has 0 aromatic heterocycles. The Morgan fingerprint density at radius 3 is 2.26 bits per heavy atom. The molecule has 1 saturated heterocycles. The van der Waals surface area contributed by atoms with E-state index in [4.69, 9.17) is 0 Å². The molecule has 1 aliphatic carbocycles. The quantitative estimate of drug-likeness (QED) is 0.533. The second-order valence-corrected chi connectivity index (χ2v) is 8.67. The molecule has 136 valence electrons. The van der Waals surface area contributed by atoms with E-state index in [9.17, 15) is 0 Å². The summed E-state index contributed by atoms with van der Waals surface area (Å²) in [6.07, 6.45) is 15.9. The van der Waals surface area contributed by atoms with Gasteiger partial charge in [0.1, 0.15) is 0 Å². The Labute approximate surface area is 145 Å². The van der Waals surface area contributed by atoms with E-state index in [1.807, 2.05) is 0 Å². The van der Waals surface area contributed by atoms with Crippen molar-refractivity contribution in [3.8, 4) is 0 Å². The summed E-state index contributed by atoms with van der Waals surface area (Å²) in [6.45, 7) is 10.1. The zero-order chi connectivity index (χ0) is 16.5. The van der Waals surface area contributed by atoms with Crippen LogP contribution in [0, 0.1) is 17.3 Å². The topological polar surface area (TPSA) is 15.3 Å². The standard InChI is InChI=1S/C21H42N2/c1-4-6-8-10-20(9-7-5-2)16-23-17-21(18-23)13-11-19(12-14-21)15-22-3/h19-20,22H,4-18H2,1-3H3. The van der Waals surface area contributed by atoms with Crippen LogP contribution in [0.2, 0.25) is 0 Å². The highest BCUT2D eigenvalue weighted by Gasteiger charge is 2.44. The first-order chi connectivity index (χ1) is 11.2. The molecule has 2 aliphatic rings. The third-order valence-electron chi connectivity index (χ3n) is 6.47. The van der Waals surface area contributed by atoms with E-state index in [0.29, 0.717) is 0 Å². The smallest absolute Gasteiger partial charge is 0.00506 e. The van der Waals surface area contributed by atoms with Gasteiger partial charge >= 0.3 is 0 Å². The Balaban J connectivity index is 1.68. The lowest BCUT2D eigenvalue weighted by molar-refractivity contribution is -0.0465. The molecule has 1 N–H and O–H groups in total. The van der Waals surface area contributed by atoms with Crippen LogP contribution in [0.25, 0.3) is 0 Å². The van der Waals surface area contributed by atoms with E-state index >= 15 is 0 Å². The van der Waals surface area contributed by atoms with Crippen LogP contribution in [-0.4, -0.2) is 38.1 Å². The van der Waals surface area contributed by atoms with Crippen LogP contribution >= 0.6 is 0 Å². The maximum atomic E-state index is 3.37. The molecule has 0 amide bonds. The fourth-order valence-electron chi connectivity index (χ4n) is 5.00. The van der Waals surface area contributed by atoms with Gasteiger partial charge in [0, 0.05) is 19.6 Å².